The zero-order valence-corrected chi connectivity index (χ0v) is 24.4. The molecule has 8 bridgehead atoms. The Labute approximate surface area is 258 Å². The first-order valence-electron chi connectivity index (χ1n) is 14.8. The molecule has 1 aliphatic heterocycles. The quantitative estimate of drug-likeness (QED) is 0.159. The van der Waals surface area contributed by atoms with Gasteiger partial charge in [0.15, 0.2) is 0 Å². The van der Waals surface area contributed by atoms with Crippen LogP contribution in [0.4, 0.5) is 17.1 Å². The number of hydrogen-bond acceptors (Lipinski definition) is 3. The number of fused-ring (bicyclic) bond motifs is 8. The topological polar surface area (TPSA) is 141 Å². The molecule has 7 aromatic rings. The van der Waals surface area contributed by atoms with Gasteiger partial charge in [0.25, 0.3) is 0 Å². The number of benzene rings is 3. The first kappa shape index (κ1) is 26.3. The van der Waals surface area contributed by atoms with Gasteiger partial charge in [0.05, 0.1) is 0 Å². The van der Waals surface area contributed by atoms with Gasteiger partial charge in [-0.1, -0.05) is 36.4 Å². The molecule has 0 spiro atoms. The average molecular weight is 586 g/mol. The zero-order chi connectivity index (χ0) is 30.5. The second-order valence-corrected chi connectivity index (χ2v) is 11.4. The van der Waals surface area contributed by atoms with E-state index < -0.39 is 0 Å². The van der Waals surface area contributed by atoms with Crippen molar-refractivity contribution in [2.45, 2.75) is 0 Å². The molecule has 3 aromatic carbocycles. The van der Waals surface area contributed by atoms with E-state index in [4.69, 9.17) is 17.2 Å². The molecule has 0 atom stereocenters. The summed E-state index contributed by atoms with van der Waals surface area (Å²) in [6.45, 7) is 0. The standard InChI is InChI=1S/C38H31N7/c39-25-7-1-22(2-8-25)36-30-15-13-28(42-30)21-29-14-16-31(43-29)37(23-3-9-26(40)10-4-23)33-18-20-35(45-33)38(34-19-17-32(36)44-34)24-5-11-27(41)12-6-24/h1-21,42-45H,39-41H2. The van der Waals surface area contributed by atoms with Gasteiger partial charge >= 0.3 is 0 Å². The van der Waals surface area contributed by atoms with Crippen LogP contribution in [0.5, 0.6) is 0 Å². The van der Waals surface area contributed by atoms with Crippen LogP contribution in [0.1, 0.15) is 39.5 Å². The number of H-pyrrole nitrogens is 4. The summed E-state index contributed by atoms with van der Waals surface area (Å²) in [5.74, 6) is 0. The van der Waals surface area contributed by atoms with Crippen molar-refractivity contribution in [1.82, 2.24) is 19.9 Å². The predicted molar refractivity (Wildman–Crippen MR) is 183 cm³/mol. The van der Waals surface area contributed by atoms with Gasteiger partial charge in [-0.3, -0.25) is 0 Å². The monoisotopic (exact) mass is 585 g/mol. The summed E-state index contributed by atoms with van der Waals surface area (Å²) in [6, 6.07) is 40.9. The lowest BCUT2D eigenvalue weighted by Crippen LogP contribution is -2.18. The highest BCUT2D eigenvalue weighted by Crippen LogP contribution is 2.27. The van der Waals surface area contributed by atoms with Gasteiger partial charge in [-0.25, -0.2) is 0 Å². The highest BCUT2D eigenvalue weighted by atomic mass is 14.8. The second-order valence-electron chi connectivity index (χ2n) is 11.4. The average Bonchev–Trinajstić information content (AvgIpc) is 3.87. The smallest absolute Gasteiger partial charge is 0.0485 e. The number of anilines is 3. The van der Waals surface area contributed by atoms with Gasteiger partial charge < -0.3 is 37.1 Å². The van der Waals surface area contributed by atoms with Crippen LogP contribution >= 0.6 is 0 Å². The Balaban J connectivity index is 1.48. The van der Waals surface area contributed by atoms with Crippen molar-refractivity contribution in [1.29, 1.82) is 0 Å². The van der Waals surface area contributed by atoms with Crippen molar-refractivity contribution < 1.29 is 0 Å². The van der Waals surface area contributed by atoms with E-state index in [0.29, 0.717) is 5.69 Å². The van der Waals surface area contributed by atoms with E-state index in [2.05, 4.69) is 111 Å². The van der Waals surface area contributed by atoms with Crippen molar-refractivity contribution in [3.05, 3.63) is 182 Å². The molecule has 45 heavy (non-hydrogen) atoms. The van der Waals surface area contributed by atoms with Crippen LogP contribution in [0.15, 0.2) is 121 Å². The molecule has 0 aliphatic carbocycles. The number of nitrogen functional groups attached to an aromatic ring is 3. The summed E-state index contributed by atoms with van der Waals surface area (Å²) >= 11 is 0. The third-order valence-electron chi connectivity index (χ3n) is 8.31. The fourth-order valence-electron chi connectivity index (χ4n) is 6.14. The molecule has 5 heterocycles. The number of nitrogens with two attached hydrogens (primary N) is 3. The van der Waals surface area contributed by atoms with Gasteiger partial charge in [-0.15, -0.1) is 0 Å². The molecule has 218 valence electrons. The first-order chi connectivity index (χ1) is 22.0. The molecule has 4 aromatic heterocycles. The summed E-state index contributed by atoms with van der Waals surface area (Å²) in [4.78, 5) is 14.8. The summed E-state index contributed by atoms with van der Waals surface area (Å²) in [7, 11) is 0. The van der Waals surface area contributed by atoms with Crippen molar-refractivity contribution in [2.75, 3.05) is 17.2 Å². The van der Waals surface area contributed by atoms with Crippen molar-refractivity contribution in [2.24, 2.45) is 0 Å². The molecule has 0 radical (unpaired) electrons. The summed E-state index contributed by atoms with van der Waals surface area (Å²) in [5, 5.41) is 3.92. The highest BCUT2D eigenvalue weighted by Gasteiger charge is 2.16. The number of rotatable bonds is 3. The lowest BCUT2D eigenvalue weighted by molar-refractivity contribution is 1.20. The van der Waals surface area contributed by atoms with Crippen LogP contribution < -0.4 is 38.6 Å². The molecular weight excluding hydrogens is 554 g/mol. The second kappa shape index (κ2) is 10.4. The lowest BCUT2D eigenvalue weighted by Gasteiger charge is -2.09. The van der Waals surface area contributed by atoms with E-state index >= 15 is 0 Å². The van der Waals surface area contributed by atoms with Crippen LogP contribution in [0.3, 0.4) is 0 Å². The fraction of sp³-hybridized carbons (Fsp3) is 0. The Hall–Kier alpha value is -6.34. The maximum absolute atomic E-state index is 6.11. The zero-order valence-electron chi connectivity index (χ0n) is 24.4. The minimum atomic E-state index is 0.715. The van der Waals surface area contributed by atoms with Gasteiger partial charge in [0.1, 0.15) is 0 Å². The normalized spacial score (nSPS) is 12.8. The summed E-state index contributed by atoms with van der Waals surface area (Å²) < 4.78 is 0. The molecule has 0 amide bonds. The van der Waals surface area contributed by atoms with E-state index in [1.54, 1.807) is 0 Å². The Bertz CT molecular complexity index is 2430. The molecule has 1 aliphatic rings. The minimum absolute atomic E-state index is 0.715. The number of hydrogen-bond donors (Lipinski definition) is 7. The third-order valence-corrected chi connectivity index (χ3v) is 8.31. The predicted octanol–water partition coefficient (Wildman–Crippen LogP) is 3.63. The van der Waals surface area contributed by atoms with Crippen molar-refractivity contribution in [3.8, 4) is 0 Å². The number of aromatic amines is 4. The SMILES string of the molecule is Nc1ccc(C2=c3ccc([nH]3)=Cc3ccc([nH]3)C(c3ccc(N)cc3)=c3ccc([nH]3)=C(c3ccc(N)cc3)c3ccc2[nH]3)cc1. The summed E-state index contributed by atoms with van der Waals surface area (Å²) in [6.07, 6.45) is 2.12. The van der Waals surface area contributed by atoms with E-state index in [1.807, 2.05) is 36.4 Å². The molecule has 10 N–H and O–H groups in total. The van der Waals surface area contributed by atoms with Gasteiger partial charge in [0, 0.05) is 78.0 Å². The first-order valence-corrected chi connectivity index (χ1v) is 14.8. The van der Waals surface area contributed by atoms with E-state index in [9.17, 15) is 0 Å². The van der Waals surface area contributed by atoms with Crippen LogP contribution in [0.25, 0.3) is 22.8 Å². The molecule has 0 saturated carbocycles. The van der Waals surface area contributed by atoms with Crippen LogP contribution in [-0.4, -0.2) is 19.9 Å². The minimum Gasteiger partial charge on any atom is -0.399 e. The number of nitrogens with one attached hydrogen (secondary N) is 4. The van der Waals surface area contributed by atoms with E-state index in [1.165, 1.54) is 0 Å². The number of aromatic nitrogens is 4. The third kappa shape index (κ3) is 4.82. The van der Waals surface area contributed by atoms with Crippen molar-refractivity contribution >= 4 is 39.9 Å². The van der Waals surface area contributed by atoms with Crippen LogP contribution in [0, 0.1) is 0 Å². The molecular formula is C38H31N7. The molecule has 7 nitrogen and oxygen atoms in total. The largest absolute Gasteiger partial charge is 0.399 e. The van der Waals surface area contributed by atoms with E-state index in [-0.39, 0.29) is 0 Å². The highest BCUT2D eigenvalue weighted by molar-refractivity contribution is 5.83. The van der Waals surface area contributed by atoms with Gasteiger partial charge in [-0.05, 0) is 108 Å². The molecule has 0 fully saturated rings. The Kier molecular flexibility index (Phi) is 6.10. The lowest BCUT2D eigenvalue weighted by atomic mass is 10.0. The maximum Gasteiger partial charge on any atom is 0.0485 e. The molecule has 8 rings (SSSR count). The molecule has 0 unspecified atom stereocenters. The van der Waals surface area contributed by atoms with Gasteiger partial charge in [-0.2, -0.15) is 0 Å². The summed E-state index contributed by atoms with van der Waals surface area (Å²) in [5.41, 5.74) is 30.6. The van der Waals surface area contributed by atoms with Crippen LogP contribution in [0.2, 0.25) is 0 Å². The maximum atomic E-state index is 6.11. The van der Waals surface area contributed by atoms with Crippen LogP contribution in [-0.2, 0) is 0 Å². The van der Waals surface area contributed by atoms with E-state index in [0.717, 1.165) is 89.0 Å². The van der Waals surface area contributed by atoms with Gasteiger partial charge in [0.2, 0.25) is 0 Å². The molecule has 7 heteroatoms. The fourth-order valence-corrected chi connectivity index (χ4v) is 6.14. The van der Waals surface area contributed by atoms with Crippen molar-refractivity contribution in [3.63, 3.8) is 0 Å². The Morgan fingerprint density at radius 2 is 0.733 bits per heavy atom. The molecule has 0 saturated heterocycles. The Morgan fingerprint density at radius 3 is 1.22 bits per heavy atom. The Morgan fingerprint density at radius 1 is 0.333 bits per heavy atom.